The Morgan fingerprint density at radius 2 is 2.05 bits per heavy atom. The Balaban J connectivity index is 2.51. The third-order valence-corrected chi connectivity index (χ3v) is 3.53. The summed E-state index contributed by atoms with van der Waals surface area (Å²) in [4.78, 5) is 0. The third-order valence-electron chi connectivity index (χ3n) is 2.95. The van der Waals surface area contributed by atoms with Gasteiger partial charge < -0.3 is 15.5 Å². The van der Waals surface area contributed by atoms with Gasteiger partial charge in [0.15, 0.2) is 0 Å². The molecular formula is C14H21Cl2NO2. The van der Waals surface area contributed by atoms with E-state index in [1.807, 2.05) is 6.92 Å². The molecule has 2 unspecified atom stereocenters. The van der Waals surface area contributed by atoms with Gasteiger partial charge in [0.05, 0.1) is 11.7 Å². The van der Waals surface area contributed by atoms with Crippen LogP contribution in [0, 0.1) is 0 Å². The Morgan fingerprint density at radius 3 is 2.68 bits per heavy atom. The zero-order valence-corrected chi connectivity index (χ0v) is 12.8. The molecule has 0 radical (unpaired) electrons. The van der Waals surface area contributed by atoms with Gasteiger partial charge in [0, 0.05) is 28.7 Å². The van der Waals surface area contributed by atoms with Crippen molar-refractivity contribution in [2.45, 2.75) is 38.4 Å². The fourth-order valence-electron chi connectivity index (χ4n) is 1.99. The summed E-state index contributed by atoms with van der Waals surface area (Å²) in [6, 6.07) is 5.00. The molecule has 3 nitrogen and oxygen atoms in total. The molecule has 1 aromatic carbocycles. The molecule has 5 heteroatoms. The smallest absolute Gasteiger partial charge is 0.0929 e. The maximum Gasteiger partial charge on any atom is 0.0929 e. The van der Waals surface area contributed by atoms with Gasteiger partial charge in [-0.05, 0) is 31.5 Å². The number of benzene rings is 1. The molecule has 0 aliphatic rings. The van der Waals surface area contributed by atoms with Crippen molar-refractivity contribution in [2.75, 3.05) is 13.1 Å². The van der Waals surface area contributed by atoms with Crippen molar-refractivity contribution >= 4 is 23.2 Å². The summed E-state index contributed by atoms with van der Waals surface area (Å²) in [5, 5.41) is 24.1. The summed E-state index contributed by atoms with van der Waals surface area (Å²) < 4.78 is 0. The molecular weight excluding hydrogens is 285 g/mol. The standard InChI is InChI=1S/C14H21Cl2NO2/c1-3-6-14(2,19)9-17-8-13(18)11-7-10(15)4-5-12(11)16/h4-5,7,13,17-19H,3,6,8-9H2,1-2H3. The predicted octanol–water partition coefficient (Wildman–Crippen LogP) is 3.17. The fourth-order valence-corrected chi connectivity index (χ4v) is 2.41. The molecule has 0 bridgehead atoms. The highest BCUT2D eigenvalue weighted by Gasteiger charge is 2.19. The topological polar surface area (TPSA) is 52.5 Å². The first-order chi connectivity index (χ1) is 8.85. The first kappa shape index (κ1) is 16.7. The second kappa shape index (κ2) is 7.46. The van der Waals surface area contributed by atoms with E-state index >= 15 is 0 Å². The fraction of sp³-hybridized carbons (Fsp3) is 0.571. The Morgan fingerprint density at radius 1 is 1.37 bits per heavy atom. The molecule has 0 fully saturated rings. The van der Waals surface area contributed by atoms with Crippen molar-refractivity contribution in [3.63, 3.8) is 0 Å². The van der Waals surface area contributed by atoms with Gasteiger partial charge in [-0.1, -0.05) is 36.5 Å². The average Bonchev–Trinajstić information content (AvgIpc) is 2.31. The van der Waals surface area contributed by atoms with Crippen LogP contribution in [0.15, 0.2) is 18.2 Å². The Kier molecular flexibility index (Phi) is 6.57. The van der Waals surface area contributed by atoms with Crippen LogP contribution in [0.3, 0.4) is 0 Å². The molecule has 0 aliphatic carbocycles. The largest absolute Gasteiger partial charge is 0.389 e. The second-order valence-electron chi connectivity index (χ2n) is 5.06. The number of hydrogen-bond acceptors (Lipinski definition) is 3. The van der Waals surface area contributed by atoms with Crippen molar-refractivity contribution in [3.05, 3.63) is 33.8 Å². The minimum atomic E-state index is -0.757. The number of aliphatic hydroxyl groups is 2. The number of aliphatic hydroxyl groups excluding tert-OH is 1. The summed E-state index contributed by atoms with van der Waals surface area (Å²) in [5.41, 5.74) is -0.163. The first-order valence-electron chi connectivity index (χ1n) is 6.42. The van der Waals surface area contributed by atoms with E-state index < -0.39 is 11.7 Å². The van der Waals surface area contributed by atoms with E-state index in [0.717, 1.165) is 6.42 Å². The number of hydrogen-bond donors (Lipinski definition) is 3. The average molecular weight is 306 g/mol. The van der Waals surface area contributed by atoms with Gasteiger partial charge in [-0.15, -0.1) is 0 Å². The van der Waals surface area contributed by atoms with Crippen LogP contribution in [-0.2, 0) is 0 Å². The molecule has 0 spiro atoms. The van der Waals surface area contributed by atoms with Gasteiger partial charge in [-0.25, -0.2) is 0 Å². The van der Waals surface area contributed by atoms with Gasteiger partial charge in [0.25, 0.3) is 0 Å². The molecule has 2 atom stereocenters. The third kappa shape index (κ3) is 5.67. The van der Waals surface area contributed by atoms with Crippen LogP contribution in [-0.4, -0.2) is 28.9 Å². The quantitative estimate of drug-likeness (QED) is 0.725. The van der Waals surface area contributed by atoms with E-state index in [1.54, 1.807) is 25.1 Å². The Labute approximate surface area is 124 Å². The van der Waals surface area contributed by atoms with Crippen LogP contribution in [0.4, 0.5) is 0 Å². The molecule has 1 rings (SSSR count). The predicted molar refractivity (Wildman–Crippen MR) is 79.8 cm³/mol. The summed E-state index contributed by atoms with van der Waals surface area (Å²) in [6.45, 7) is 4.55. The van der Waals surface area contributed by atoms with Crippen molar-refractivity contribution in [2.24, 2.45) is 0 Å². The van der Waals surface area contributed by atoms with E-state index in [4.69, 9.17) is 23.2 Å². The molecule has 3 N–H and O–H groups in total. The lowest BCUT2D eigenvalue weighted by atomic mass is 10.0. The maximum atomic E-state index is 10.1. The lowest BCUT2D eigenvalue weighted by Gasteiger charge is -2.24. The van der Waals surface area contributed by atoms with Gasteiger partial charge in [0.2, 0.25) is 0 Å². The van der Waals surface area contributed by atoms with E-state index in [9.17, 15) is 10.2 Å². The lowest BCUT2D eigenvalue weighted by molar-refractivity contribution is 0.0461. The number of halogens is 2. The Bertz CT molecular complexity index is 410. The molecule has 0 amide bonds. The van der Waals surface area contributed by atoms with Gasteiger partial charge in [0.1, 0.15) is 0 Å². The Hall–Kier alpha value is -0.320. The molecule has 0 aromatic heterocycles. The monoisotopic (exact) mass is 305 g/mol. The maximum absolute atomic E-state index is 10.1. The minimum absolute atomic E-state index is 0.319. The first-order valence-corrected chi connectivity index (χ1v) is 7.17. The van der Waals surface area contributed by atoms with E-state index in [2.05, 4.69) is 5.32 Å². The summed E-state index contributed by atoms with van der Waals surface area (Å²) >= 11 is 11.9. The molecule has 108 valence electrons. The van der Waals surface area contributed by atoms with Crippen molar-refractivity contribution in [1.29, 1.82) is 0 Å². The highest BCUT2D eigenvalue weighted by Crippen LogP contribution is 2.26. The molecule has 0 aliphatic heterocycles. The second-order valence-corrected chi connectivity index (χ2v) is 5.90. The highest BCUT2D eigenvalue weighted by atomic mass is 35.5. The lowest BCUT2D eigenvalue weighted by Crippen LogP contribution is -2.39. The number of rotatable bonds is 7. The molecule has 19 heavy (non-hydrogen) atoms. The molecule has 0 saturated heterocycles. The normalized spacial score (nSPS) is 16.1. The SMILES string of the molecule is CCCC(C)(O)CNCC(O)c1cc(Cl)ccc1Cl. The van der Waals surface area contributed by atoms with Crippen molar-refractivity contribution < 1.29 is 10.2 Å². The van der Waals surface area contributed by atoms with Crippen LogP contribution >= 0.6 is 23.2 Å². The van der Waals surface area contributed by atoms with Crippen LogP contribution in [0.25, 0.3) is 0 Å². The summed E-state index contributed by atoms with van der Waals surface area (Å²) in [7, 11) is 0. The van der Waals surface area contributed by atoms with E-state index in [-0.39, 0.29) is 0 Å². The van der Waals surface area contributed by atoms with Crippen molar-refractivity contribution in [3.8, 4) is 0 Å². The zero-order valence-electron chi connectivity index (χ0n) is 11.3. The summed E-state index contributed by atoms with van der Waals surface area (Å²) in [6.07, 6.45) is 0.884. The van der Waals surface area contributed by atoms with Crippen LogP contribution in [0.5, 0.6) is 0 Å². The minimum Gasteiger partial charge on any atom is -0.389 e. The molecule has 1 aromatic rings. The van der Waals surface area contributed by atoms with Crippen LogP contribution in [0.2, 0.25) is 10.0 Å². The highest BCUT2D eigenvalue weighted by molar-refractivity contribution is 6.33. The summed E-state index contributed by atoms with van der Waals surface area (Å²) in [5.74, 6) is 0. The molecule has 0 saturated carbocycles. The van der Waals surface area contributed by atoms with E-state index in [1.165, 1.54) is 0 Å². The van der Waals surface area contributed by atoms with Crippen LogP contribution < -0.4 is 5.32 Å². The van der Waals surface area contributed by atoms with E-state index in [0.29, 0.717) is 35.1 Å². The number of nitrogens with one attached hydrogen (secondary N) is 1. The zero-order chi connectivity index (χ0) is 14.5. The van der Waals surface area contributed by atoms with Crippen LogP contribution in [0.1, 0.15) is 38.4 Å². The van der Waals surface area contributed by atoms with Crippen molar-refractivity contribution in [1.82, 2.24) is 5.32 Å². The van der Waals surface area contributed by atoms with Gasteiger partial charge >= 0.3 is 0 Å². The molecule has 0 heterocycles. The van der Waals surface area contributed by atoms with Gasteiger partial charge in [-0.3, -0.25) is 0 Å². The van der Waals surface area contributed by atoms with Gasteiger partial charge in [-0.2, -0.15) is 0 Å².